The van der Waals surface area contributed by atoms with E-state index < -0.39 is 16.1 Å². The van der Waals surface area contributed by atoms with Gasteiger partial charge in [-0.3, -0.25) is 9.59 Å². The predicted octanol–water partition coefficient (Wildman–Crippen LogP) is 2.36. The summed E-state index contributed by atoms with van der Waals surface area (Å²) in [6.07, 6.45) is 1.54. The Balaban J connectivity index is 1.71. The summed E-state index contributed by atoms with van der Waals surface area (Å²) in [6.45, 7) is 3.30. The quantitative estimate of drug-likeness (QED) is 0.443. The fourth-order valence-electron chi connectivity index (χ4n) is 4.33. The summed E-state index contributed by atoms with van der Waals surface area (Å²) in [4.78, 5) is 26.3. The van der Waals surface area contributed by atoms with Crippen molar-refractivity contribution in [3.63, 3.8) is 0 Å². The summed E-state index contributed by atoms with van der Waals surface area (Å²) in [5.74, 6) is -0.220. The van der Waals surface area contributed by atoms with Crippen LogP contribution in [0.3, 0.4) is 0 Å². The summed E-state index contributed by atoms with van der Waals surface area (Å²) in [5.41, 5.74) is 1.32. The monoisotopic (exact) mass is 517 g/mol. The zero-order valence-electron chi connectivity index (χ0n) is 21.0. The van der Waals surface area contributed by atoms with Gasteiger partial charge >= 0.3 is 0 Å². The van der Waals surface area contributed by atoms with Gasteiger partial charge in [-0.2, -0.15) is 4.31 Å². The van der Waals surface area contributed by atoms with E-state index in [4.69, 9.17) is 9.47 Å². The number of aryl methyl sites for hydroxylation is 1. The Morgan fingerprint density at radius 2 is 1.72 bits per heavy atom. The summed E-state index contributed by atoms with van der Waals surface area (Å²) in [6, 6.07) is 12.7. The maximum atomic E-state index is 13.1. The summed E-state index contributed by atoms with van der Waals surface area (Å²) in [5, 5.41) is 5.81. The lowest BCUT2D eigenvalue weighted by Gasteiger charge is -2.35. The van der Waals surface area contributed by atoms with E-state index in [2.05, 4.69) is 10.6 Å². The molecular formula is C26H35N3O6S. The van der Waals surface area contributed by atoms with E-state index in [1.165, 1.54) is 23.5 Å². The van der Waals surface area contributed by atoms with Crippen molar-refractivity contribution in [2.75, 3.05) is 40.5 Å². The molecule has 0 radical (unpaired) electrons. The number of piperidine rings is 1. The average molecular weight is 518 g/mol. The Kier molecular flexibility index (Phi) is 9.86. The van der Waals surface area contributed by atoms with Crippen molar-refractivity contribution in [2.24, 2.45) is 5.92 Å². The molecule has 1 saturated heterocycles. The summed E-state index contributed by atoms with van der Waals surface area (Å²) < 4.78 is 37.8. The number of nitrogens with zero attached hydrogens (tertiary/aromatic N) is 1. The van der Waals surface area contributed by atoms with Gasteiger partial charge in [-0.1, -0.05) is 18.2 Å². The van der Waals surface area contributed by atoms with Crippen molar-refractivity contribution < 1.29 is 27.5 Å². The second kappa shape index (κ2) is 12.8. The van der Waals surface area contributed by atoms with Crippen molar-refractivity contribution in [1.82, 2.24) is 14.9 Å². The fourth-order valence-corrected chi connectivity index (χ4v) is 5.80. The van der Waals surface area contributed by atoms with Gasteiger partial charge in [0, 0.05) is 38.9 Å². The van der Waals surface area contributed by atoms with Crippen LogP contribution in [0.25, 0.3) is 0 Å². The number of benzene rings is 2. The molecule has 0 aliphatic carbocycles. The number of nitrogens with one attached hydrogen (secondary N) is 2. The third-order valence-corrected chi connectivity index (χ3v) is 8.36. The molecule has 1 heterocycles. The molecule has 2 aromatic carbocycles. The molecule has 0 bridgehead atoms. The Labute approximate surface area is 213 Å². The largest absolute Gasteiger partial charge is 0.497 e. The molecule has 3 rings (SSSR count). The average Bonchev–Trinajstić information content (AvgIpc) is 2.90. The van der Waals surface area contributed by atoms with E-state index in [-0.39, 0.29) is 35.7 Å². The van der Waals surface area contributed by atoms with Gasteiger partial charge in [0.15, 0.2) is 0 Å². The first-order chi connectivity index (χ1) is 17.3. The van der Waals surface area contributed by atoms with Gasteiger partial charge in [-0.05, 0) is 68.0 Å². The first-order valence-electron chi connectivity index (χ1n) is 12.0. The number of hydrogen-bond donors (Lipinski definition) is 2. The van der Waals surface area contributed by atoms with E-state index >= 15 is 0 Å². The Morgan fingerprint density at radius 1 is 1.06 bits per heavy atom. The highest BCUT2D eigenvalue weighted by Gasteiger charge is 2.36. The lowest BCUT2D eigenvalue weighted by molar-refractivity contribution is -0.124. The second-order valence-electron chi connectivity index (χ2n) is 8.82. The van der Waals surface area contributed by atoms with E-state index in [1.54, 1.807) is 31.4 Å². The predicted molar refractivity (Wildman–Crippen MR) is 136 cm³/mol. The second-order valence-corrected chi connectivity index (χ2v) is 10.8. The van der Waals surface area contributed by atoms with E-state index in [1.807, 2.05) is 19.1 Å². The number of amides is 2. The molecular weight excluding hydrogens is 482 g/mol. The van der Waals surface area contributed by atoms with Crippen LogP contribution in [-0.4, -0.2) is 71.0 Å². The van der Waals surface area contributed by atoms with Crippen molar-refractivity contribution >= 4 is 21.8 Å². The molecule has 2 aromatic rings. The first kappa shape index (κ1) is 27.6. The smallest absolute Gasteiger partial charge is 0.252 e. The molecule has 1 unspecified atom stereocenters. The van der Waals surface area contributed by atoms with Crippen LogP contribution >= 0.6 is 0 Å². The normalized spacial score (nSPS) is 15.8. The molecule has 2 N–H and O–H groups in total. The van der Waals surface area contributed by atoms with Gasteiger partial charge in [0.1, 0.15) is 11.8 Å². The van der Waals surface area contributed by atoms with Gasteiger partial charge in [0.2, 0.25) is 15.9 Å². The summed E-state index contributed by atoms with van der Waals surface area (Å²) in [7, 11) is -0.550. The van der Waals surface area contributed by atoms with Gasteiger partial charge < -0.3 is 20.1 Å². The Morgan fingerprint density at radius 3 is 2.33 bits per heavy atom. The lowest BCUT2D eigenvalue weighted by Crippen LogP contribution is -2.54. The number of carbonyl (C=O) groups is 2. The van der Waals surface area contributed by atoms with Gasteiger partial charge in [-0.25, -0.2) is 8.42 Å². The molecule has 1 aliphatic heterocycles. The number of rotatable bonds is 11. The highest BCUT2D eigenvalue weighted by molar-refractivity contribution is 7.89. The molecule has 10 heteroatoms. The van der Waals surface area contributed by atoms with E-state index in [0.29, 0.717) is 43.7 Å². The van der Waals surface area contributed by atoms with Crippen LogP contribution in [-0.2, 0) is 19.6 Å². The molecule has 0 saturated carbocycles. The molecule has 1 atom stereocenters. The highest BCUT2D eigenvalue weighted by atomic mass is 32.2. The molecule has 36 heavy (non-hydrogen) atoms. The molecule has 1 aliphatic rings. The molecule has 0 spiro atoms. The van der Waals surface area contributed by atoms with Gasteiger partial charge in [0.05, 0.1) is 12.0 Å². The van der Waals surface area contributed by atoms with Crippen molar-refractivity contribution in [1.29, 1.82) is 0 Å². The molecule has 0 aromatic heterocycles. The number of sulfonamides is 1. The Bertz CT molecular complexity index is 1130. The van der Waals surface area contributed by atoms with Crippen LogP contribution in [0.15, 0.2) is 53.4 Å². The minimum absolute atomic E-state index is 0.196. The van der Waals surface area contributed by atoms with Gasteiger partial charge in [-0.15, -0.1) is 0 Å². The maximum Gasteiger partial charge on any atom is 0.252 e. The van der Waals surface area contributed by atoms with Gasteiger partial charge in [0.25, 0.3) is 5.91 Å². The van der Waals surface area contributed by atoms with Crippen molar-refractivity contribution in [3.05, 3.63) is 59.7 Å². The standard InChI is InChI=1S/C26H35N3O6S/c1-19-7-4-5-8-23(19)25(30)28-24(26(31)27-15-6-18-34-2)20-13-16-29(17-14-20)36(32,33)22-11-9-21(35-3)10-12-22/h4-5,7-12,20,24H,6,13-18H2,1-3H3,(H,27,31)(H,28,30). The maximum absolute atomic E-state index is 13.1. The molecule has 1 fully saturated rings. The lowest BCUT2D eigenvalue weighted by atomic mass is 9.89. The zero-order chi connectivity index (χ0) is 26.1. The van der Waals surface area contributed by atoms with Crippen LogP contribution in [0, 0.1) is 12.8 Å². The molecule has 196 valence electrons. The van der Waals surface area contributed by atoms with Crippen LogP contribution in [0.4, 0.5) is 0 Å². The fraction of sp³-hybridized carbons (Fsp3) is 0.462. The van der Waals surface area contributed by atoms with Crippen LogP contribution in [0.1, 0.15) is 35.2 Å². The third-order valence-electron chi connectivity index (χ3n) is 6.45. The minimum atomic E-state index is -3.67. The summed E-state index contributed by atoms with van der Waals surface area (Å²) >= 11 is 0. The van der Waals surface area contributed by atoms with Crippen molar-refractivity contribution in [2.45, 2.75) is 37.1 Å². The highest BCUT2D eigenvalue weighted by Crippen LogP contribution is 2.27. The topological polar surface area (TPSA) is 114 Å². The number of carbonyl (C=O) groups excluding carboxylic acids is 2. The number of ether oxygens (including phenoxy) is 2. The SMILES string of the molecule is COCCCNC(=O)C(NC(=O)c1ccccc1C)C1CCN(S(=O)(=O)c2ccc(OC)cc2)CC1. The van der Waals surface area contributed by atoms with E-state index in [0.717, 1.165) is 5.56 Å². The van der Waals surface area contributed by atoms with Crippen molar-refractivity contribution in [3.8, 4) is 5.75 Å². The molecule has 2 amide bonds. The first-order valence-corrected chi connectivity index (χ1v) is 13.5. The number of hydrogen-bond acceptors (Lipinski definition) is 6. The van der Waals surface area contributed by atoms with Crippen LogP contribution in [0.5, 0.6) is 5.75 Å². The number of methoxy groups -OCH3 is 2. The van der Waals surface area contributed by atoms with Crippen LogP contribution in [0.2, 0.25) is 0 Å². The zero-order valence-corrected chi connectivity index (χ0v) is 21.8. The third kappa shape index (κ3) is 6.83. The molecule has 9 nitrogen and oxygen atoms in total. The van der Waals surface area contributed by atoms with Crippen LogP contribution < -0.4 is 15.4 Å². The van der Waals surface area contributed by atoms with E-state index in [9.17, 15) is 18.0 Å². The minimum Gasteiger partial charge on any atom is -0.497 e. The Hall–Kier alpha value is -2.95.